The Morgan fingerprint density at radius 3 is 2.96 bits per heavy atom. The highest BCUT2D eigenvalue weighted by Gasteiger charge is 2.25. The summed E-state index contributed by atoms with van der Waals surface area (Å²) in [5, 5.41) is 2.97. The molecule has 24 heavy (non-hydrogen) atoms. The van der Waals surface area contributed by atoms with Crippen LogP contribution in [0.25, 0.3) is 0 Å². The third kappa shape index (κ3) is 4.44. The maximum atomic E-state index is 12.4. The van der Waals surface area contributed by atoms with Gasteiger partial charge in [-0.1, -0.05) is 30.3 Å². The van der Waals surface area contributed by atoms with Crippen molar-refractivity contribution in [3.63, 3.8) is 0 Å². The van der Waals surface area contributed by atoms with Crippen molar-refractivity contribution < 1.29 is 9.53 Å². The first-order chi connectivity index (χ1) is 11.7. The number of rotatable bonds is 4. The van der Waals surface area contributed by atoms with Gasteiger partial charge in [0.2, 0.25) is 5.88 Å². The molecule has 0 spiro atoms. The van der Waals surface area contributed by atoms with Crippen molar-refractivity contribution in [2.24, 2.45) is 0 Å². The zero-order chi connectivity index (χ0) is 16.8. The summed E-state index contributed by atoms with van der Waals surface area (Å²) in [5.74, 6) is 1.25. The van der Waals surface area contributed by atoms with Crippen LogP contribution >= 0.6 is 0 Å². The van der Waals surface area contributed by atoms with Crippen molar-refractivity contribution in [1.29, 1.82) is 0 Å². The Morgan fingerprint density at radius 1 is 1.33 bits per heavy atom. The number of aromatic nitrogens is 2. The molecule has 0 saturated carbocycles. The van der Waals surface area contributed by atoms with Crippen molar-refractivity contribution >= 4 is 6.03 Å². The third-order valence-corrected chi connectivity index (χ3v) is 3.99. The average molecular weight is 326 g/mol. The second-order valence-corrected chi connectivity index (χ2v) is 5.91. The summed E-state index contributed by atoms with van der Waals surface area (Å²) in [6.45, 7) is 3.69. The molecule has 126 valence electrons. The van der Waals surface area contributed by atoms with Gasteiger partial charge in [0, 0.05) is 25.4 Å². The van der Waals surface area contributed by atoms with Crippen LogP contribution in [0.15, 0.2) is 42.6 Å². The predicted octanol–water partition coefficient (Wildman–Crippen LogP) is 2.54. The molecule has 0 aliphatic carbocycles. The summed E-state index contributed by atoms with van der Waals surface area (Å²) in [4.78, 5) is 22.5. The topological polar surface area (TPSA) is 67.3 Å². The quantitative estimate of drug-likeness (QED) is 0.937. The van der Waals surface area contributed by atoms with E-state index in [0.29, 0.717) is 24.8 Å². The van der Waals surface area contributed by atoms with Crippen molar-refractivity contribution in [2.45, 2.75) is 32.4 Å². The Bertz CT molecular complexity index is 678. The number of piperidine rings is 1. The fourth-order valence-electron chi connectivity index (χ4n) is 2.78. The molecular weight excluding hydrogens is 304 g/mol. The molecule has 6 heteroatoms. The third-order valence-electron chi connectivity index (χ3n) is 3.99. The van der Waals surface area contributed by atoms with Gasteiger partial charge >= 0.3 is 6.03 Å². The maximum Gasteiger partial charge on any atom is 0.317 e. The minimum atomic E-state index is -0.0500. The fourth-order valence-corrected chi connectivity index (χ4v) is 2.78. The van der Waals surface area contributed by atoms with Crippen molar-refractivity contribution in [3.05, 3.63) is 54.0 Å². The maximum absolute atomic E-state index is 12.4. The van der Waals surface area contributed by atoms with Crippen molar-refractivity contribution in [2.75, 3.05) is 13.1 Å². The SMILES string of the molecule is Cc1nccc(OC2CCCN(C(=O)NCc3ccccc3)C2)n1. The standard InChI is InChI=1S/C18H22N4O2/c1-14-19-10-9-17(21-14)24-16-8-5-11-22(13-16)18(23)20-12-15-6-3-2-4-7-15/h2-4,6-7,9-10,16H,5,8,11-13H2,1H3,(H,20,23). The molecule has 1 aliphatic rings. The lowest BCUT2D eigenvalue weighted by Gasteiger charge is -2.32. The average Bonchev–Trinajstić information content (AvgIpc) is 2.61. The smallest absolute Gasteiger partial charge is 0.317 e. The Labute approximate surface area is 141 Å². The lowest BCUT2D eigenvalue weighted by atomic mass is 10.1. The van der Waals surface area contributed by atoms with Crippen LogP contribution < -0.4 is 10.1 Å². The molecule has 1 aliphatic heterocycles. The van der Waals surface area contributed by atoms with E-state index in [0.717, 1.165) is 24.9 Å². The summed E-state index contributed by atoms with van der Waals surface area (Å²) in [7, 11) is 0. The minimum Gasteiger partial charge on any atom is -0.472 e. The number of nitrogens with one attached hydrogen (secondary N) is 1. The van der Waals surface area contributed by atoms with E-state index in [4.69, 9.17) is 4.74 Å². The molecule has 6 nitrogen and oxygen atoms in total. The Hall–Kier alpha value is -2.63. The molecule has 0 radical (unpaired) electrons. The second kappa shape index (κ2) is 7.77. The highest BCUT2D eigenvalue weighted by Crippen LogP contribution is 2.16. The number of urea groups is 1. The zero-order valence-corrected chi connectivity index (χ0v) is 13.8. The Morgan fingerprint density at radius 2 is 2.17 bits per heavy atom. The molecule has 2 heterocycles. The van der Waals surface area contributed by atoms with E-state index in [2.05, 4.69) is 15.3 Å². The molecule has 2 aromatic rings. The van der Waals surface area contributed by atoms with Crippen LogP contribution in [0.3, 0.4) is 0 Å². The lowest BCUT2D eigenvalue weighted by molar-refractivity contribution is 0.0974. The van der Waals surface area contributed by atoms with Gasteiger partial charge in [0.25, 0.3) is 0 Å². The highest BCUT2D eigenvalue weighted by molar-refractivity contribution is 5.74. The van der Waals surface area contributed by atoms with E-state index in [-0.39, 0.29) is 12.1 Å². The van der Waals surface area contributed by atoms with E-state index in [1.165, 1.54) is 0 Å². The van der Waals surface area contributed by atoms with Crippen molar-refractivity contribution in [3.8, 4) is 5.88 Å². The van der Waals surface area contributed by atoms with Crippen LogP contribution in [0.2, 0.25) is 0 Å². The zero-order valence-electron chi connectivity index (χ0n) is 13.8. The number of amides is 2. The van der Waals surface area contributed by atoms with Crippen LogP contribution in [0.5, 0.6) is 5.88 Å². The summed E-state index contributed by atoms with van der Waals surface area (Å²) < 4.78 is 5.91. The molecule has 1 atom stereocenters. The summed E-state index contributed by atoms with van der Waals surface area (Å²) >= 11 is 0. The number of carbonyl (C=O) groups excluding carboxylic acids is 1. The van der Waals surface area contributed by atoms with Crippen LogP contribution in [-0.4, -0.2) is 40.1 Å². The molecule has 1 unspecified atom stereocenters. The first-order valence-corrected chi connectivity index (χ1v) is 8.24. The Balaban J connectivity index is 1.52. The molecule has 2 amide bonds. The number of hydrogen-bond donors (Lipinski definition) is 1. The van der Waals surface area contributed by atoms with Gasteiger partial charge in [-0.2, -0.15) is 4.98 Å². The van der Waals surface area contributed by atoms with Crippen LogP contribution in [0.1, 0.15) is 24.2 Å². The lowest BCUT2D eigenvalue weighted by Crippen LogP contribution is -2.48. The van der Waals surface area contributed by atoms with Gasteiger partial charge in [0.05, 0.1) is 6.54 Å². The van der Waals surface area contributed by atoms with Gasteiger partial charge in [-0.3, -0.25) is 0 Å². The van der Waals surface area contributed by atoms with E-state index in [9.17, 15) is 4.79 Å². The van der Waals surface area contributed by atoms with Crippen molar-refractivity contribution in [1.82, 2.24) is 20.2 Å². The fraction of sp³-hybridized carbons (Fsp3) is 0.389. The number of nitrogens with zero attached hydrogens (tertiary/aromatic N) is 3. The van der Waals surface area contributed by atoms with Crippen LogP contribution in [0, 0.1) is 6.92 Å². The first-order valence-electron chi connectivity index (χ1n) is 8.24. The number of likely N-dealkylation sites (tertiary alicyclic amines) is 1. The van der Waals surface area contributed by atoms with E-state index in [1.54, 1.807) is 12.3 Å². The molecule has 1 fully saturated rings. The number of benzene rings is 1. The first kappa shape index (κ1) is 16.2. The largest absolute Gasteiger partial charge is 0.472 e. The van der Waals surface area contributed by atoms with Crippen LogP contribution in [0.4, 0.5) is 4.79 Å². The highest BCUT2D eigenvalue weighted by atomic mass is 16.5. The van der Waals surface area contributed by atoms with Gasteiger partial charge in [-0.25, -0.2) is 9.78 Å². The Kier molecular flexibility index (Phi) is 5.25. The van der Waals surface area contributed by atoms with Crippen LogP contribution in [-0.2, 0) is 6.54 Å². The molecule has 1 aromatic carbocycles. The summed E-state index contributed by atoms with van der Waals surface area (Å²) in [6, 6.07) is 11.6. The molecule has 3 rings (SSSR count). The van der Waals surface area contributed by atoms with Gasteiger partial charge in [-0.15, -0.1) is 0 Å². The van der Waals surface area contributed by atoms with E-state index >= 15 is 0 Å². The number of aryl methyl sites for hydroxylation is 1. The predicted molar refractivity (Wildman–Crippen MR) is 90.7 cm³/mol. The summed E-state index contributed by atoms with van der Waals surface area (Å²) in [5.41, 5.74) is 1.09. The van der Waals surface area contributed by atoms with Gasteiger partial charge in [-0.05, 0) is 25.3 Å². The molecule has 0 bridgehead atoms. The number of carbonyl (C=O) groups is 1. The molecule has 1 aromatic heterocycles. The second-order valence-electron chi connectivity index (χ2n) is 5.91. The number of hydrogen-bond acceptors (Lipinski definition) is 4. The van der Waals surface area contributed by atoms with Gasteiger partial charge < -0.3 is 15.0 Å². The monoisotopic (exact) mass is 326 g/mol. The van der Waals surface area contributed by atoms with E-state index in [1.807, 2.05) is 42.2 Å². The minimum absolute atomic E-state index is 0.0319. The van der Waals surface area contributed by atoms with Gasteiger partial charge in [0.15, 0.2) is 0 Å². The molecule has 1 saturated heterocycles. The van der Waals surface area contributed by atoms with Gasteiger partial charge in [0.1, 0.15) is 11.9 Å². The molecular formula is C18H22N4O2. The number of ether oxygens (including phenoxy) is 1. The van der Waals surface area contributed by atoms with E-state index < -0.39 is 0 Å². The normalized spacial score (nSPS) is 17.4. The summed E-state index contributed by atoms with van der Waals surface area (Å²) in [6.07, 6.45) is 3.50. The molecule has 1 N–H and O–H groups in total.